The number of benzene rings is 2. The number of rotatable bonds is 0. The number of fused-ring (bicyclic) bond motifs is 7. The zero-order valence-electron chi connectivity index (χ0n) is 14.2. The summed E-state index contributed by atoms with van der Waals surface area (Å²) < 4.78 is 2.48. The van der Waals surface area contributed by atoms with Gasteiger partial charge in [-0.25, -0.2) is 0 Å². The van der Waals surface area contributed by atoms with Gasteiger partial charge in [0.25, 0.3) is 0 Å². The number of hydrogen-bond donors (Lipinski definition) is 0. The average Bonchev–Trinajstić information content (AvgIpc) is 3.14. The van der Waals surface area contributed by atoms with Gasteiger partial charge in [-0.1, -0.05) is 74.1 Å². The number of aromatic nitrogens is 1. The van der Waals surface area contributed by atoms with Crippen molar-refractivity contribution in [2.24, 2.45) is 0 Å². The summed E-state index contributed by atoms with van der Waals surface area (Å²) in [4.78, 5) is 2.81. The van der Waals surface area contributed by atoms with Crippen LogP contribution in [0.3, 0.4) is 0 Å². The summed E-state index contributed by atoms with van der Waals surface area (Å²) in [6.07, 6.45) is 0. The highest BCUT2D eigenvalue weighted by molar-refractivity contribution is 7.99. The predicted octanol–water partition coefficient (Wildman–Crippen LogP) is 6.47. The maximum absolute atomic E-state index is 2.48. The first-order valence-electron chi connectivity index (χ1n) is 8.73. The Hall–Kier alpha value is -2.45. The second kappa shape index (κ2) is 4.39. The summed E-state index contributed by atoms with van der Waals surface area (Å²) in [6, 6.07) is 24.4. The molecule has 0 amide bonds. The van der Waals surface area contributed by atoms with E-state index in [1.54, 1.807) is 0 Å². The van der Waals surface area contributed by atoms with E-state index in [0.29, 0.717) is 0 Å². The normalized spacial score (nSPS) is 15.8. The Morgan fingerprint density at radius 3 is 2.36 bits per heavy atom. The van der Waals surface area contributed by atoms with Crippen LogP contribution in [0.25, 0.3) is 27.3 Å². The largest absolute Gasteiger partial charge is 0.308 e. The van der Waals surface area contributed by atoms with Crippen molar-refractivity contribution in [1.82, 2.24) is 4.40 Å². The lowest BCUT2D eigenvalue weighted by Gasteiger charge is -2.33. The van der Waals surface area contributed by atoms with Crippen molar-refractivity contribution in [2.45, 2.75) is 29.1 Å². The molecular formula is C23H17NS. The number of nitrogens with zero attached hydrogens (tertiary/aromatic N) is 1. The van der Waals surface area contributed by atoms with Crippen LogP contribution in [-0.2, 0) is 5.41 Å². The summed E-state index contributed by atoms with van der Waals surface area (Å²) in [7, 11) is 0. The standard InChI is InChI=1S/C23H17NS/c1-23(2)16-10-5-6-13-19(16)25-22-18-12-7-11-17-14-8-3-4-9-15(14)21(20(22)23)24(17)18/h3-13H,1-2H3. The lowest BCUT2D eigenvalue weighted by Crippen LogP contribution is -2.22. The van der Waals surface area contributed by atoms with E-state index in [1.165, 1.54) is 48.2 Å². The van der Waals surface area contributed by atoms with Gasteiger partial charge in [-0.05, 0) is 23.8 Å². The van der Waals surface area contributed by atoms with Gasteiger partial charge in [-0.3, -0.25) is 0 Å². The minimum atomic E-state index is -0.00670. The molecular weight excluding hydrogens is 322 g/mol. The van der Waals surface area contributed by atoms with Crippen molar-refractivity contribution in [3.63, 3.8) is 0 Å². The molecule has 120 valence electrons. The van der Waals surface area contributed by atoms with Crippen molar-refractivity contribution in [3.8, 4) is 0 Å². The van der Waals surface area contributed by atoms with Crippen molar-refractivity contribution < 1.29 is 0 Å². The van der Waals surface area contributed by atoms with Gasteiger partial charge in [0.1, 0.15) is 0 Å². The van der Waals surface area contributed by atoms with Gasteiger partial charge in [0.05, 0.1) is 16.6 Å². The molecule has 0 radical (unpaired) electrons. The Morgan fingerprint density at radius 1 is 0.760 bits per heavy atom. The molecule has 0 aliphatic carbocycles. The molecule has 0 bridgehead atoms. The van der Waals surface area contributed by atoms with Gasteiger partial charge in [-0.15, -0.1) is 0 Å². The molecule has 5 aromatic rings. The molecule has 3 aromatic heterocycles. The summed E-state index contributed by atoms with van der Waals surface area (Å²) in [5.74, 6) is 0. The molecule has 0 atom stereocenters. The lowest BCUT2D eigenvalue weighted by atomic mass is 9.77. The fraction of sp³-hybridized carbons (Fsp3) is 0.130. The highest BCUT2D eigenvalue weighted by atomic mass is 32.2. The van der Waals surface area contributed by atoms with E-state index >= 15 is 0 Å². The molecule has 0 unspecified atom stereocenters. The molecule has 2 heteroatoms. The molecule has 2 aromatic carbocycles. The van der Waals surface area contributed by atoms with Gasteiger partial charge < -0.3 is 4.40 Å². The zero-order valence-corrected chi connectivity index (χ0v) is 15.0. The predicted molar refractivity (Wildman–Crippen MR) is 106 cm³/mol. The first-order chi connectivity index (χ1) is 12.2. The number of pyridine rings is 1. The highest BCUT2D eigenvalue weighted by Crippen LogP contribution is 2.55. The van der Waals surface area contributed by atoms with Crippen LogP contribution >= 0.6 is 11.8 Å². The van der Waals surface area contributed by atoms with Crippen molar-refractivity contribution in [3.05, 3.63) is 77.9 Å². The molecule has 25 heavy (non-hydrogen) atoms. The van der Waals surface area contributed by atoms with Crippen LogP contribution in [0.15, 0.2) is 76.5 Å². The third-order valence-corrected chi connectivity index (χ3v) is 6.96. The van der Waals surface area contributed by atoms with E-state index in [9.17, 15) is 0 Å². The van der Waals surface area contributed by atoms with Crippen LogP contribution in [0, 0.1) is 0 Å². The molecule has 1 nitrogen and oxygen atoms in total. The second-order valence-corrected chi connectivity index (χ2v) is 8.51. The minimum absolute atomic E-state index is 0.00670. The van der Waals surface area contributed by atoms with E-state index in [4.69, 9.17) is 0 Å². The van der Waals surface area contributed by atoms with Crippen molar-refractivity contribution in [2.75, 3.05) is 0 Å². The summed E-state index contributed by atoms with van der Waals surface area (Å²) in [5, 5.41) is 2.72. The molecule has 0 spiro atoms. The first-order valence-corrected chi connectivity index (χ1v) is 9.54. The third kappa shape index (κ3) is 1.52. The molecule has 0 saturated carbocycles. The third-order valence-electron chi connectivity index (χ3n) is 5.77. The van der Waals surface area contributed by atoms with Crippen LogP contribution in [0.4, 0.5) is 0 Å². The Bertz CT molecular complexity index is 1290. The first kappa shape index (κ1) is 13.8. The summed E-state index contributed by atoms with van der Waals surface area (Å²) in [5.41, 5.74) is 6.96. The fourth-order valence-corrected chi connectivity index (χ4v) is 6.17. The van der Waals surface area contributed by atoms with Crippen LogP contribution in [-0.4, -0.2) is 4.40 Å². The Morgan fingerprint density at radius 2 is 1.48 bits per heavy atom. The molecule has 0 fully saturated rings. The topological polar surface area (TPSA) is 4.41 Å². The average molecular weight is 339 g/mol. The maximum atomic E-state index is 2.48. The van der Waals surface area contributed by atoms with Gasteiger partial charge in [-0.2, -0.15) is 0 Å². The molecule has 1 aliphatic rings. The van der Waals surface area contributed by atoms with Gasteiger partial charge >= 0.3 is 0 Å². The molecule has 1 aliphatic heterocycles. The van der Waals surface area contributed by atoms with Crippen molar-refractivity contribution in [1.29, 1.82) is 0 Å². The maximum Gasteiger partial charge on any atom is 0.0605 e. The fourth-order valence-electron chi connectivity index (χ4n) is 4.65. The van der Waals surface area contributed by atoms with E-state index in [1.807, 2.05) is 11.8 Å². The van der Waals surface area contributed by atoms with Crippen LogP contribution in [0.2, 0.25) is 0 Å². The smallest absolute Gasteiger partial charge is 0.0605 e. The van der Waals surface area contributed by atoms with E-state index < -0.39 is 0 Å². The van der Waals surface area contributed by atoms with Crippen LogP contribution < -0.4 is 0 Å². The van der Waals surface area contributed by atoms with Gasteiger partial charge in [0.2, 0.25) is 0 Å². The van der Waals surface area contributed by atoms with Gasteiger partial charge in [0.15, 0.2) is 0 Å². The van der Waals surface area contributed by atoms with E-state index in [-0.39, 0.29) is 5.41 Å². The molecule has 6 rings (SSSR count). The lowest BCUT2D eigenvalue weighted by molar-refractivity contribution is 0.617. The highest BCUT2D eigenvalue weighted by Gasteiger charge is 2.38. The SMILES string of the molecule is CC1(C)c2ccccc2Sc2c1c1c3ccccc3c3cccc2n31. The van der Waals surface area contributed by atoms with E-state index in [0.717, 1.165) is 0 Å². The Balaban J connectivity index is 1.90. The summed E-state index contributed by atoms with van der Waals surface area (Å²) in [6.45, 7) is 4.75. The molecule has 0 saturated heterocycles. The number of hydrogen-bond acceptors (Lipinski definition) is 1. The molecule has 4 heterocycles. The van der Waals surface area contributed by atoms with E-state index in [2.05, 4.69) is 85.0 Å². The van der Waals surface area contributed by atoms with Crippen molar-refractivity contribution >= 4 is 39.1 Å². The Kier molecular flexibility index (Phi) is 2.42. The second-order valence-electron chi connectivity index (χ2n) is 7.45. The molecule has 0 N–H and O–H groups in total. The summed E-state index contributed by atoms with van der Waals surface area (Å²) >= 11 is 1.93. The zero-order chi connectivity index (χ0) is 16.8. The van der Waals surface area contributed by atoms with Gasteiger partial charge in [0, 0.05) is 31.5 Å². The quantitative estimate of drug-likeness (QED) is 0.313. The monoisotopic (exact) mass is 339 g/mol. The van der Waals surface area contributed by atoms with Crippen LogP contribution in [0.1, 0.15) is 25.0 Å². The Labute approximate surface area is 150 Å². The minimum Gasteiger partial charge on any atom is -0.308 e. The van der Waals surface area contributed by atoms with Crippen LogP contribution in [0.5, 0.6) is 0 Å².